The summed E-state index contributed by atoms with van der Waals surface area (Å²) in [5.74, 6) is 0.579. The van der Waals surface area contributed by atoms with E-state index < -0.39 is 4.92 Å². The normalized spacial score (nSPS) is 10.9. The summed E-state index contributed by atoms with van der Waals surface area (Å²) in [5.41, 5.74) is 2.40. The Kier molecular flexibility index (Phi) is 6.05. The van der Waals surface area contributed by atoms with Crippen molar-refractivity contribution in [3.8, 4) is 0 Å². The number of non-ortho nitro benzene ring substituents is 1. The molecule has 6 nitrogen and oxygen atoms in total. The van der Waals surface area contributed by atoms with E-state index in [4.69, 9.17) is 11.6 Å². The molecule has 0 saturated heterocycles. The molecule has 0 fully saturated rings. The van der Waals surface area contributed by atoms with Crippen LogP contribution in [0.25, 0.3) is 0 Å². The third-order valence-electron chi connectivity index (χ3n) is 3.29. The quantitative estimate of drug-likeness (QED) is 0.307. The second kappa shape index (κ2) is 8.24. The van der Waals surface area contributed by atoms with Crippen molar-refractivity contribution >= 4 is 34.4 Å². The van der Waals surface area contributed by atoms with E-state index in [1.54, 1.807) is 12.1 Å². The third-order valence-corrected chi connectivity index (χ3v) is 3.46. The van der Waals surface area contributed by atoms with Crippen molar-refractivity contribution in [3.05, 3.63) is 58.6 Å². The van der Waals surface area contributed by atoms with Crippen molar-refractivity contribution in [1.82, 2.24) is 0 Å². The minimum absolute atomic E-state index is 0.0345. The summed E-state index contributed by atoms with van der Waals surface area (Å²) in [7, 11) is 0. The number of hydrogen-bond acceptors (Lipinski definition) is 5. The van der Waals surface area contributed by atoms with Crippen LogP contribution in [-0.2, 0) is 0 Å². The number of anilines is 1. The number of nitrogens with zero attached hydrogens (tertiary/aromatic N) is 4. The maximum atomic E-state index is 10.6. The van der Waals surface area contributed by atoms with Gasteiger partial charge in [-0.2, -0.15) is 10.2 Å². The summed E-state index contributed by atoms with van der Waals surface area (Å²) < 4.78 is 0. The van der Waals surface area contributed by atoms with Crippen LogP contribution in [0, 0.1) is 10.1 Å². The predicted molar refractivity (Wildman–Crippen MR) is 92.3 cm³/mol. The fourth-order valence-electron chi connectivity index (χ4n) is 2.06. The number of nitro benzene ring substituents is 1. The van der Waals surface area contributed by atoms with Gasteiger partial charge in [-0.1, -0.05) is 0 Å². The summed E-state index contributed by atoms with van der Waals surface area (Å²) in [5, 5.41) is 18.8. The molecule has 0 aliphatic heterocycles. The van der Waals surface area contributed by atoms with Crippen LogP contribution in [0.5, 0.6) is 0 Å². The van der Waals surface area contributed by atoms with Gasteiger partial charge in [-0.3, -0.25) is 10.1 Å². The van der Waals surface area contributed by atoms with Gasteiger partial charge in [0.25, 0.3) is 5.69 Å². The molecule has 0 unspecified atom stereocenters. The molecule has 2 rings (SSSR count). The molecular formula is C16H17ClN4O2. The average molecular weight is 333 g/mol. The Labute approximate surface area is 139 Å². The molecule has 0 aliphatic carbocycles. The Hall–Kier alpha value is -2.47. The van der Waals surface area contributed by atoms with Crippen LogP contribution in [0.1, 0.15) is 6.92 Å². The maximum absolute atomic E-state index is 10.6. The molecule has 0 atom stereocenters. The Bertz CT molecular complexity index is 671. The first-order chi connectivity index (χ1) is 11.1. The van der Waals surface area contributed by atoms with Gasteiger partial charge in [0, 0.05) is 36.8 Å². The molecule has 0 aliphatic rings. The van der Waals surface area contributed by atoms with E-state index >= 15 is 0 Å². The number of benzene rings is 2. The van der Waals surface area contributed by atoms with Gasteiger partial charge in [0.15, 0.2) is 0 Å². The Morgan fingerprint density at radius 1 is 1.04 bits per heavy atom. The zero-order valence-electron chi connectivity index (χ0n) is 12.7. The molecule has 0 radical (unpaired) electrons. The van der Waals surface area contributed by atoms with Crippen LogP contribution in [0.15, 0.2) is 58.8 Å². The highest BCUT2D eigenvalue weighted by molar-refractivity contribution is 6.18. The van der Waals surface area contributed by atoms with Crippen molar-refractivity contribution < 1.29 is 4.92 Å². The average Bonchev–Trinajstić information content (AvgIpc) is 2.59. The summed E-state index contributed by atoms with van der Waals surface area (Å²) >= 11 is 5.79. The second-order valence-corrected chi connectivity index (χ2v) is 5.14. The molecule has 23 heavy (non-hydrogen) atoms. The SMILES string of the molecule is CCN(CCCl)c1ccc(N=Nc2ccc([N+](=O)[O-])cc2)cc1. The van der Waals surface area contributed by atoms with Crippen LogP contribution in [-0.4, -0.2) is 23.9 Å². The zero-order chi connectivity index (χ0) is 16.7. The lowest BCUT2D eigenvalue weighted by atomic mass is 10.2. The van der Waals surface area contributed by atoms with E-state index in [0.717, 1.165) is 18.8 Å². The first kappa shape index (κ1) is 16.9. The first-order valence-electron chi connectivity index (χ1n) is 7.21. The predicted octanol–water partition coefficient (Wildman–Crippen LogP) is 5.08. The number of alkyl halides is 1. The standard InChI is InChI=1S/C16H17ClN4O2/c1-2-20(12-11-17)15-7-3-13(4-8-15)18-19-14-5-9-16(10-6-14)21(22)23/h3-10H,2,11-12H2,1H3. The van der Waals surface area contributed by atoms with Crippen LogP contribution >= 0.6 is 11.6 Å². The van der Waals surface area contributed by atoms with Crippen molar-refractivity contribution in [2.45, 2.75) is 6.92 Å². The maximum Gasteiger partial charge on any atom is 0.269 e. The van der Waals surface area contributed by atoms with Crippen molar-refractivity contribution in [2.75, 3.05) is 23.9 Å². The van der Waals surface area contributed by atoms with Gasteiger partial charge in [-0.05, 0) is 43.3 Å². The minimum atomic E-state index is -0.444. The number of azo groups is 1. The number of rotatable bonds is 7. The van der Waals surface area contributed by atoms with E-state index in [1.807, 2.05) is 24.3 Å². The van der Waals surface area contributed by atoms with Crippen LogP contribution in [0.4, 0.5) is 22.7 Å². The van der Waals surface area contributed by atoms with Gasteiger partial charge in [0.05, 0.1) is 16.3 Å². The minimum Gasteiger partial charge on any atom is -0.371 e. The summed E-state index contributed by atoms with van der Waals surface area (Å²) in [4.78, 5) is 12.3. The zero-order valence-corrected chi connectivity index (χ0v) is 13.5. The van der Waals surface area contributed by atoms with Crippen molar-refractivity contribution in [3.63, 3.8) is 0 Å². The molecule has 7 heteroatoms. The fourth-order valence-corrected chi connectivity index (χ4v) is 2.26. The van der Waals surface area contributed by atoms with E-state index in [1.165, 1.54) is 12.1 Å². The highest BCUT2D eigenvalue weighted by Gasteiger charge is 2.04. The number of nitro groups is 1. The molecule has 0 N–H and O–H groups in total. The number of hydrogen-bond donors (Lipinski definition) is 0. The molecule has 0 aromatic heterocycles. The lowest BCUT2D eigenvalue weighted by molar-refractivity contribution is -0.384. The second-order valence-electron chi connectivity index (χ2n) is 4.76. The molecule has 0 amide bonds. The largest absolute Gasteiger partial charge is 0.371 e. The molecule has 0 bridgehead atoms. The Morgan fingerprint density at radius 2 is 1.57 bits per heavy atom. The van der Waals surface area contributed by atoms with Crippen LogP contribution in [0.2, 0.25) is 0 Å². The fraction of sp³-hybridized carbons (Fsp3) is 0.250. The van der Waals surface area contributed by atoms with Crippen molar-refractivity contribution in [1.29, 1.82) is 0 Å². The van der Waals surface area contributed by atoms with Crippen molar-refractivity contribution in [2.24, 2.45) is 10.2 Å². The molecule has 0 heterocycles. The van der Waals surface area contributed by atoms with E-state index in [2.05, 4.69) is 22.1 Å². The molecule has 120 valence electrons. The lowest BCUT2D eigenvalue weighted by Gasteiger charge is -2.21. The Balaban J connectivity index is 2.06. The highest BCUT2D eigenvalue weighted by Crippen LogP contribution is 2.23. The molecular weight excluding hydrogens is 316 g/mol. The van der Waals surface area contributed by atoms with Crippen LogP contribution in [0.3, 0.4) is 0 Å². The van der Waals surface area contributed by atoms with E-state index in [0.29, 0.717) is 17.3 Å². The topological polar surface area (TPSA) is 71.1 Å². The summed E-state index contributed by atoms with van der Waals surface area (Å²) in [6.45, 7) is 3.76. The molecule has 2 aromatic carbocycles. The lowest BCUT2D eigenvalue weighted by Crippen LogP contribution is -2.24. The summed E-state index contributed by atoms with van der Waals surface area (Å²) in [6.07, 6.45) is 0. The Morgan fingerprint density at radius 3 is 2.00 bits per heavy atom. The van der Waals surface area contributed by atoms with Gasteiger partial charge in [-0.25, -0.2) is 0 Å². The summed E-state index contributed by atoms with van der Waals surface area (Å²) in [6, 6.07) is 13.6. The molecule has 0 spiro atoms. The first-order valence-corrected chi connectivity index (χ1v) is 7.74. The third kappa shape index (κ3) is 4.75. The molecule has 2 aromatic rings. The van der Waals surface area contributed by atoms with E-state index in [-0.39, 0.29) is 5.69 Å². The van der Waals surface area contributed by atoms with Gasteiger partial charge < -0.3 is 4.90 Å². The van der Waals surface area contributed by atoms with E-state index in [9.17, 15) is 10.1 Å². The number of halogens is 1. The highest BCUT2D eigenvalue weighted by atomic mass is 35.5. The van der Waals surface area contributed by atoms with Gasteiger partial charge >= 0.3 is 0 Å². The monoisotopic (exact) mass is 332 g/mol. The van der Waals surface area contributed by atoms with Crippen LogP contribution < -0.4 is 4.90 Å². The van der Waals surface area contributed by atoms with Gasteiger partial charge in [0.1, 0.15) is 0 Å². The van der Waals surface area contributed by atoms with Gasteiger partial charge in [-0.15, -0.1) is 11.6 Å². The van der Waals surface area contributed by atoms with Gasteiger partial charge in [0.2, 0.25) is 0 Å². The molecule has 0 saturated carbocycles. The smallest absolute Gasteiger partial charge is 0.269 e.